The highest BCUT2D eigenvalue weighted by molar-refractivity contribution is 7.99. The second-order valence-corrected chi connectivity index (χ2v) is 6.77. The van der Waals surface area contributed by atoms with Crippen molar-refractivity contribution >= 4 is 23.4 Å². The van der Waals surface area contributed by atoms with E-state index in [0.717, 1.165) is 35.2 Å². The summed E-state index contributed by atoms with van der Waals surface area (Å²) in [7, 11) is 0. The molecule has 3 rings (SSSR count). The average molecular weight is 378 g/mol. The van der Waals surface area contributed by atoms with Crippen molar-refractivity contribution in [2.75, 3.05) is 12.3 Å². The predicted molar refractivity (Wildman–Crippen MR) is 98.2 cm³/mol. The Morgan fingerprint density at radius 3 is 2.80 bits per heavy atom. The fourth-order valence-corrected chi connectivity index (χ4v) is 3.13. The van der Waals surface area contributed by atoms with Crippen LogP contribution < -0.4 is 5.32 Å². The molecule has 0 amide bonds. The lowest BCUT2D eigenvalue weighted by Crippen LogP contribution is -2.14. The molecule has 130 valence electrons. The largest absolute Gasteiger partial charge is 0.460 e. The van der Waals surface area contributed by atoms with Crippen LogP contribution in [0.3, 0.4) is 0 Å². The monoisotopic (exact) mass is 377 g/mol. The number of thioether (sulfide) groups is 1. The summed E-state index contributed by atoms with van der Waals surface area (Å²) in [5.74, 6) is 2.02. The summed E-state index contributed by atoms with van der Waals surface area (Å²) in [6.45, 7) is 1.51. The fourth-order valence-electron chi connectivity index (χ4n) is 2.21. The second kappa shape index (κ2) is 8.99. The van der Waals surface area contributed by atoms with E-state index in [-0.39, 0.29) is 5.02 Å². The Morgan fingerprint density at radius 1 is 1.16 bits per heavy atom. The van der Waals surface area contributed by atoms with E-state index in [1.165, 1.54) is 6.07 Å². The molecule has 0 saturated carbocycles. The third kappa shape index (κ3) is 5.29. The summed E-state index contributed by atoms with van der Waals surface area (Å²) >= 11 is 7.45. The van der Waals surface area contributed by atoms with Crippen LogP contribution in [0.2, 0.25) is 5.02 Å². The van der Waals surface area contributed by atoms with E-state index in [9.17, 15) is 4.39 Å². The number of aromatic nitrogens is 2. The Bertz CT molecular complexity index is 813. The van der Waals surface area contributed by atoms with Gasteiger partial charge in [0, 0.05) is 23.7 Å². The summed E-state index contributed by atoms with van der Waals surface area (Å²) in [5, 5.41) is 4.23. The third-order valence-electron chi connectivity index (χ3n) is 3.44. The van der Waals surface area contributed by atoms with Crippen LogP contribution >= 0.6 is 23.4 Å². The van der Waals surface area contributed by atoms with Gasteiger partial charge in [-0.3, -0.25) is 0 Å². The SMILES string of the molecule is Fc1ccc(-c2ccc(CNCCCSc3ncccn3)o2)cc1Cl. The first-order valence-corrected chi connectivity index (χ1v) is 9.23. The van der Waals surface area contributed by atoms with Crippen molar-refractivity contribution in [2.24, 2.45) is 0 Å². The van der Waals surface area contributed by atoms with E-state index >= 15 is 0 Å². The van der Waals surface area contributed by atoms with Gasteiger partial charge in [0.15, 0.2) is 5.16 Å². The molecule has 0 spiro atoms. The first kappa shape index (κ1) is 17.9. The third-order valence-corrected chi connectivity index (χ3v) is 4.69. The molecule has 0 aliphatic heterocycles. The molecule has 0 fully saturated rings. The second-order valence-electron chi connectivity index (χ2n) is 5.31. The number of hydrogen-bond acceptors (Lipinski definition) is 5. The van der Waals surface area contributed by atoms with E-state index in [4.69, 9.17) is 16.0 Å². The number of nitrogens with zero attached hydrogens (tertiary/aromatic N) is 2. The Hall–Kier alpha value is -1.89. The molecular formula is C18H17ClFN3OS. The molecule has 0 bridgehead atoms. The molecule has 0 aliphatic carbocycles. The minimum Gasteiger partial charge on any atom is -0.460 e. The van der Waals surface area contributed by atoms with E-state index in [1.807, 2.05) is 18.2 Å². The molecule has 2 aromatic heterocycles. The van der Waals surface area contributed by atoms with Crippen LogP contribution in [0.4, 0.5) is 4.39 Å². The number of benzene rings is 1. The van der Waals surface area contributed by atoms with Crippen LogP contribution in [0.5, 0.6) is 0 Å². The lowest BCUT2D eigenvalue weighted by atomic mass is 10.2. The standard InChI is InChI=1S/C18H17ClFN3OS/c19-15-11-13(3-5-16(15)20)17-6-4-14(24-17)12-21-7-2-10-25-18-22-8-1-9-23-18/h1,3-6,8-9,11,21H,2,7,10,12H2. The van der Waals surface area contributed by atoms with E-state index in [2.05, 4.69) is 15.3 Å². The predicted octanol–water partition coefficient (Wildman–Crippen LogP) is 4.80. The van der Waals surface area contributed by atoms with E-state index in [1.54, 1.807) is 36.3 Å². The Kier molecular flexibility index (Phi) is 6.44. The highest BCUT2D eigenvalue weighted by Crippen LogP contribution is 2.26. The Balaban J connectivity index is 1.40. The average Bonchev–Trinajstić information content (AvgIpc) is 3.10. The summed E-state index contributed by atoms with van der Waals surface area (Å²) < 4.78 is 19.0. The zero-order valence-electron chi connectivity index (χ0n) is 13.4. The summed E-state index contributed by atoms with van der Waals surface area (Å²) in [4.78, 5) is 8.34. The molecular weight excluding hydrogens is 361 g/mol. The molecule has 0 unspecified atom stereocenters. The number of halogens is 2. The van der Waals surface area contributed by atoms with Crippen LogP contribution in [0.1, 0.15) is 12.2 Å². The molecule has 0 atom stereocenters. The highest BCUT2D eigenvalue weighted by Gasteiger charge is 2.07. The van der Waals surface area contributed by atoms with Gasteiger partial charge in [0.05, 0.1) is 11.6 Å². The molecule has 0 saturated heterocycles. The maximum absolute atomic E-state index is 13.2. The molecule has 25 heavy (non-hydrogen) atoms. The first-order valence-electron chi connectivity index (χ1n) is 7.87. The molecule has 1 aromatic carbocycles. The van der Waals surface area contributed by atoms with E-state index in [0.29, 0.717) is 12.3 Å². The maximum atomic E-state index is 13.2. The van der Waals surface area contributed by atoms with Crippen LogP contribution in [0.25, 0.3) is 11.3 Å². The number of hydrogen-bond donors (Lipinski definition) is 1. The van der Waals surface area contributed by atoms with Crippen LogP contribution in [-0.4, -0.2) is 22.3 Å². The summed E-state index contributed by atoms with van der Waals surface area (Å²) in [6, 6.07) is 10.1. The molecule has 1 N–H and O–H groups in total. The van der Waals surface area contributed by atoms with Gasteiger partial charge in [-0.2, -0.15) is 0 Å². The molecule has 0 aliphatic rings. The highest BCUT2D eigenvalue weighted by atomic mass is 35.5. The van der Waals surface area contributed by atoms with Crippen molar-refractivity contribution in [1.82, 2.24) is 15.3 Å². The van der Waals surface area contributed by atoms with Gasteiger partial charge in [-0.25, -0.2) is 14.4 Å². The summed E-state index contributed by atoms with van der Waals surface area (Å²) in [6.07, 6.45) is 4.50. The van der Waals surface area contributed by atoms with Gasteiger partial charge in [0.1, 0.15) is 17.3 Å². The Morgan fingerprint density at radius 2 is 2.00 bits per heavy atom. The fraction of sp³-hybridized carbons (Fsp3) is 0.222. The lowest BCUT2D eigenvalue weighted by molar-refractivity contribution is 0.494. The number of nitrogens with one attached hydrogen (secondary N) is 1. The van der Waals surface area contributed by atoms with Crippen LogP contribution in [-0.2, 0) is 6.54 Å². The smallest absolute Gasteiger partial charge is 0.187 e. The first-order chi connectivity index (χ1) is 12.2. The molecule has 2 heterocycles. The van der Waals surface area contributed by atoms with Crippen molar-refractivity contribution in [1.29, 1.82) is 0 Å². The molecule has 7 heteroatoms. The lowest BCUT2D eigenvalue weighted by Gasteiger charge is -2.03. The normalized spacial score (nSPS) is 11.0. The molecule has 0 radical (unpaired) electrons. The van der Waals surface area contributed by atoms with Crippen LogP contribution in [0.15, 0.2) is 58.4 Å². The minimum atomic E-state index is -0.433. The van der Waals surface area contributed by atoms with Gasteiger partial charge >= 0.3 is 0 Å². The van der Waals surface area contributed by atoms with Crippen molar-refractivity contribution in [3.63, 3.8) is 0 Å². The van der Waals surface area contributed by atoms with Gasteiger partial charge in [0.25, 0.3) is 0 Å². The van der Waals surface area contributed by atoms with Crippen molar-refractivity contribution in [3.8, 4) is 11.3 Å². The van der Waals surface area contributed by atoms with Gasteiger partial charge in [0.2, 0.25) is 0 Å². The number of furan rings is 1. The van der Waals surface area contributed by atoms with Gasteiger partial charge in [-0.15, -0.1) is 0 Å². The quantitative estimate of drug-likeness (QED) is 0.347. The minimum absolute atomic E-state index is 0.0912. The zero-order chi connectivity index (χ0) is 17.5. The molecule has 3 aromatic rings. The van der Waals surface area contributed by atoms with E-state index < -0.39 is 5.82 Å². The topological polar surface area (TPSA) is 51.0 Å². The zero-order valence-corrected chi connectivity index (χ0v) is 15.0. The van der Waals surface area contributed by atoms with Gasteiger partial charge < -0.3 is 9.73 Å². The van der Waals surface area contributed by atoms with Gasteiger partial charge in [-0.1, -0.05) is 23.4 Å². The van der Waals surface area contributed by atoms with Crippen molar-refractivity contribution in [3.05, 3.63) is 65.4 Å². The molecule has 4 nitrogen and oxygen atoms in total. The number of rotatable bonds is 8. The van der Waals surface area contributed by atoms with Crippen molar-refractivity contribution < 1.29 is 8.81 Å². The van der Waals surface area contributed by atoms with Gasteiger partial charge in [-0.05, 0) is 49.4 Å². The maximum Gasteiger partial charge on any atom is 0.187 e. The van der Waals surface area contributed by atoms with Crippen molar-refractivity contribution in [2.45, 2.75) is 18.1 Å². The van der Waals surface area contributed by atoms with Crippen LogP contribution in [0, 0.1) is 5.82 Å². The Labute approximate surface area is 154 Å². The summed E-state index contributed by atoms with van der Waals surface area (Å²) in [5.41, 5.74) is 0.761.